The van der Waals surface area contributed by atoms with Gasteiger partial charge in [-0.3, -0.25) is 9.36 Å². The molecule has 7 heteroatoms. The minimum Gasteiger partial charge on any atom is -0.495 e. The van der Waals surface area contributed by atoms with Crippen molar-refractivity contribution >= 4 is 34.3 Å². The van der Waals surface area contributed by atoms with Crippen LogP contribution in [0.25, 0.3) is 11.1 Å². The van der Waals surface area contributed by atoms with Gasteiger partial charge in [-0.1, -0.05) is 17.7 Å². The summed E-state index contributed by atoms with van der Waals surface area (Å²) < 4.78 is 11.8. The minimum atomic E-state index is -0.516. The van der Waals surface area contributed by atoms with Crippen molar-refractivity contribution in [2.45, 2.75) is 19.9 Å². The lowest BCUT2D eigenvalue weighted by atomic mass is 10.2. The zero-order valence-corrected chi connectivity index (χ0v) is 14.6. The van der Waals surface area contributed by atoms with Gasteiger partial charge < -0.3 is 14.5 Å². The Morgan fingerprint density at radius 2 is 2.08 bits per heavy atom. The summed E-state index contributed by atoms with van der Waals surface area (Å²) in [6.07, 6.45) is 0.119. The Balaban J connectivity index is 1.74. The van der Waals surface area contributed by atoms with Gasteiger partial charge in [0.25, 0.3) is 0 Å². The van der Waals surface area contributed by atoms with Gasteiger partial charge in [0.1, 0.15) is 5.75 Å². The Morgan fingerprint density at radius 1 is 1.28 bits per heavy atom. The zero-order chi connectivity index (χ0) is 18.0. The number of fused-ring (bicyclic) bond motifs is 1. The fourth-order valence-corrected chi connectivity index (χ4v) is 2.76. The number of aromatic nitrogens is 1. The van der Waals surface area contributed by atoms with Crippen LogP contribution in [0.1, 0.15) is 12.0 Å². The lowest BCUT2D eigenvalue weighted by molar-refractivity contribution is -0.116. The van der Waals surface area contributed by atoms with Crippen LogP contribution in [0.4, 0.5) is 5.69 Å². The molecule has 0 aliphatic carbocycles. The molecule has 2 aromatic carbocycles. The Labute approximate surface area is 149 Å². The van der Waals surface area contributed by atoms with E-state index in [2.05, 4.69) is 5.32 Å². The van der Waals surface area contributed by atoms with E-state index in [-0.39, 0.29) is 18.9 Å². The summed E-state index contributed by atoms with van der Waals surface area (Å²) in [4.78, 5) is 24.2. The van der Waals surface area contributed by atoms with Crippen molar-refractivity contribution < 1.29 is 13.9 Å². The number of nitrogens with zero attached hydrogens (tertiary/aromatic N) is 1. The second-order valence-corrected chi connectivity index (χ2v) is 6.07. The number of benzene rings is 2. The van der Waals surface area contributed by atoms with Crippen molar-refractivity contribution in [3.05, 3.63) is 57.5 Å². The third kappa shape index (κ3) is 3.69. The molecule has 1 amide bonds. The molecule has 1 heterocycles. The monoisotopic (exact) mass is 360 g/mol. The van der Waals surface area contributed by atoms with E-state index >= 15 is 0 Å². The van der Waals surface area contributed by atoms with E-state index in [1.165, 1.54) is 4.57 Å². The smallest absolute Gasteiger partial charge is 0.419 e. The van der Waals surface area contributed by atoms with Crippen LogP contribution in [-0.2, 0) is 11.3 Å². The molecule has 3 rings (SSSR count). The standard InChI is InChI=1S/C18H17ClN2O4/c1-11-3-6-15(24-2)13(9-11)20-17(22)7-8-21-14-5-4-12(19)10-16(14)25-18(21)23/h3-6,9-10H,7-8H2,1-2H3,(H,20,22). The first kappa shape index (κ1) is 17.1. The van der Waals surface area contributed by atoms with Crippen LogP contribution < -0.4 is 15.8 Å². The number of carbonyl (C=O) groups is 1. The molecular weight excluding hydrogens is 344 g/mol. The lowest BCUT2D eigenvalue weighted by Crippen LogP contribution is -2.20. The Bertz CT molecular complexity index is 990. The highest BCUT2D eigenvalue weighted by molar-refractivity contribution is 6.31. The SMILES string of the molecule is COc1ccc(C)cc1NC(=O)CCn1c(=O)oc2cc(Cl)ccc21. The molecule has 0 saturated heterocycles. The molecule has 130 valence electrons. The zero-order valence-electron chi connectivity index (χ0n) is 13.8. The molecule has 0 bridgehead atoms. The molecule has 0 spiro atoms. The van der Waals surface area contributed by atoms with Crippen molar-refractivity contribution in [1.29, 1.82) is 0 Å². The topological polar surface area (TPSA) is 73.5 Å². The van der Waals surface area contributed by atoms with E-state index in [0.29, 0.717) is 27.6 Å². The molecule has 0 unspecified atom stereocenters. The largest absolute Gasteiger partial charge is 0.495 e. The number of hydrogen-bond acceptors (Lipinski definition) is 4. The maximum atomic E-state index is 12.3. The van der Waals surface area contributed by atoms with Gasteiger partial charge in [-0.15, -0.1) is 0 Å². The van der Waals surface area contributed by atoms with Gasteiger partial charge in [-0.05, 0) is 36.8 Å². The van der Waals surface area contributed by atoms with Gasteiger partial charge in [-0.25, -0.2) is 4.79 Å². The predicted octanol–water partition coefficient (Wildman–Crippen LogP) is 3.59. The quantitative estimate of drug-likeness (QED) is 0.754. The summed E-state index contributed by atoms with van der Waals surface area (Å²) in [6, 6.07) is 10.5. The molecule has 0 aliphatic rings. The van der Waals surface area contributed by atoms with E-state index in [1.807, 2.05) is 19.1 Å². The molecule has 6 nitrogen and oxygen atoms in total. The van der Waals surface area contributed by atoms with Crippen molar-refractivity contribution in [1.82, 2.24) is 4.57 Å². The summed E-state index contributed by atoms with van der Waals surface area (Å²) in [6.45, 7) is 2.13. The van der Waals surface area contributed by atoms with Gasteiger partial charge in [0.05, 0.1) is 18.3 Å². The van der Waals surface area contributed by atoms with E-state index in [4.69, 9.17) is 20.8 Å². The highest BCUT2D eigenvalue weighted by atomic mass is 35.5. The molecule has 0 saturated carbocycles. The lowest BCUT2D eigenvalue weighted by Gasteiger charge is -2.11. The highest BCUT2D eigenvalue weighted by Gasteiger charge is 2.12. The van der Waals surface area contributed by atoms with Crippen LogP contribution in [0.2, 0.25) is 5.02 Å². The van der Waals surface area contributed by atoms with Gasteiger partial charge in [0, 0.05) is 24.1 Å². The van der Waals surface area contributed by atoms with Gasteiger partial charge in [0.15, 0.2) is 5.58 Å². The first-order chi connectivity index (χ1) is 12.0. The number of aryl methyl sites for hydroxylation is 2. The number of anilines is 1. The number of amides is 1. The van der Waals surface area contributed by atoms with Gasteiger partial charge >= 0.3 is 5.76 Å². The van der Waals surface area contributed by atoms with Crippen LogP contribution in [0, 0.1) is 6.92 Å². The molecule has 0 aliphatic heterocycles. The number of hydrogen-bond donors (Lipinski definition) is 1. The molecule has 0 fully saturated rings. The van der Waals surface area contributed by atoms with E-state index in [1.54, 1.807) is 31.4 Å². The van der Waals surface area contributed by atoms with Crippen LogP contribution in [0.15, 0.2) is 45.6 Å². The maximum absolute atomic E-state index is 12.3. The summed E-state index contributed by atoms with van der Waals surface area (Å²) in [5.74, 6) is -0.156. The summed E-state index contributed by atoms with van der Waals surface area (Å²) in [5, 5.41) is 3.29. The van der Waals surface area contributed by atoms with E-state index < -0.39 is 5.76 Å². The molecule has 1 N–H and O–H groups in total. The second-order valence-electron chi connectivity index (χ2n) is 5.63. The second kappa shape index (κ2) is 7.03. The summed E-state index contributed by atoms with van der Waals surface area (Å²) in [5.41, 5.74) is 2.61. The fourth-order valence-electron chi connectivity index (χ4n) is 2.60. The van der Waals surface area contributed by atoms with Crippen molar-refractivity contribution in [3.8, 4) is 5.75 Å². The number of rotatable bonds is 5. The van der Waals surface area contributed by atoms with Crippen molar-refractivity contribution in [3.63, 3.8) is 0 Å². The number of ether oxygens (including phenoxy) is 1. The molecular formula is C18H17ClN2O4. The van der Waals surface area contributed by atoms with Gasteiger partial charge in [0.2, 0.25) is 5.91 Å². The summed E-state index contributed by atoms with van der Waals surface area (Å²) in [7, 11) is 1.54. The Kier molecular flexibility index (Phi) is 4.81. The third-order valence-electron chi connectivity index (χ3n) is 3.82. The Morgan fingerprint density at radius 3 is 2.84 bits per heavy atom. The highest BCUT2D eigenvalue weighted by Crippen LogP contribution is 2.25. The van der Waals surface area contributed by atoms with Crippen LogP contribution >= 0.6 is 11.6 Å². The predicted molar refractivity (Wildman–Crippen MR) is 96.5 cm³/mol. The van der Waals surface area contributed by atoms with Crippen LogP contribution in [-0.4, -0.2) is 17.6 Å². The fraction of sp³-hybridized carbons (Fsp3) is 0.222. The average Bonchev–Trinajstić information content (AvgIpc) is 2.87. The van der Waals surface area contributed by atoms with Crippen LogP contribution in [0.5, 0.6) is 5.75 Å². The Hall–Kier alpha value is -2.73. The van der Waals surface area contributed by atoms with E-state index in [0.717, 1.165) is 5.56 Å². The number of methoxy groups -OCH3 is 1. The number of nitrogens with one attached hydrogen (secondary N) is 1. The number of halogens is 1. The normalized spacial score (nSPS) is 10.8. The maximum Gasteiger partial charge on any atom is 0.419 e. The molecule has 3 aromatic rings. The molecule has 0 radical (unpaired) electrons. The molecule has 1 aromatic heterocycles. The number of carbonyl (C=O) groups excluding carboxylic acids is 1. The minimum absolute atomic E-state index is 0.119. The first-order valence-electron chi connectivity index (χ1n) is 7.71. The van der Waals surface area contributed by atoms with Crippen LogP contribution in [0.3, 0.4) is 0 Å². The summed E-state index contributed by atoms with van der Waals surface area (Å²) >= 11 is 5.89. The number of oxazole rings is 1. The molecule has 25 heavy (non-hydrogen) atoms. The van der Waals surface area contributed by atoms with Crippen molar-refractivity contribution in [2.75, 3.05) is 12.4 Å². The van der Waals surface area contributed by atoms with Gasteiger partial charge in [-0.2, -0.15) is 0 Å². The van der Waals surface area contributed by atoms with E-state index in [9.17, 15) is 9.59 Å². The van der Waals surface area contributed by atoms with Crippen molar-refractivity contribution in [2.24, 2.45) is 0 Å². The average molecular weight is 361 g/mol. The third-order valence-corrected chi connectivity index (χ3v) is 4.06. The first-order valence-corrected chi connectivity index (χ1v) is 8.09. The molecule has 0 atom stereocenters.